The van der Waals surface area contributed by atoms with Crippen LogP contribution in [0.2, 0.25) is 0 Å². The van der Waals surface area contributed by atoms with E-state index in [9.17, 15) is 5.11 Å². The van der Waals surface area contributed by atoms with E-state index in [1.165, 1.54) is 0 Å². The van der Waals surface area contributed by atoms with E-state index >= 15 is 0 Å². The molecule has 1 N–H and O–H groups in total. The summed E-state index contributed by atoms with van der Waals surface area (Å²) in [7, 11) is 0. The SMILES string of the molecule is C=C1O[C@H]([C@@H]2COC(C)(C)O2)[C@@H]2OC(C)(C)O[C@@H]2[C@@H]1O. The maximum absolute atomic E-state index is 10.1. The fourth-order valence-corrected chi connectivity index (χ4v) is 2.98. The summed E-state index contributed by atoms with van der Waals surface area (Å²) in [6.45, 7) is 11.5. The van der Waals surface area contributed by atoms with E-state index in [0.717, 1.165) is 0 Å². The van der Waals surface area contributed by atoms with Gasteiger partial charge in [0.2, 0.25) is 0 Å². The van der Waals surface area contributed by atoms with E-state index < -0.39 is 36.0 Å². The molecule has 5 atom stereocenters. The molecule has 6 heteroatoms. The molecular weight excluding hydrogens is 264 g/mol. The Kier molecular flexibility index (Phi) is 3.15. The molecule has 0 radical (unpaired) electrons. The van der Waals surface area contributed by atoms with Crippen LogP contribution in [0.3, 0.4) is 0 Å². The minimum absolute atomic E-state index is 0.278. The van der Waals surface area contributed by atoms with Gasteiger partial charge in [0.05, 0.1) is 6.61 Å². The Labute approximate surface area is 118 Å². The number of aliphatic hydroxyl groups excluding tert-OH is 1. The molecule has 3 aliphatic heterocycles. The molecular formula is C14H22O6. The van der Waals surface area contributed by atoms with Crippen LogP contribution >= 0.6 is 0 Å². The molecule has 20 heavy (non-hydrogen) atoms. The molecule has 114 valence electrons. The van der Waals surface area contributed by atoms with Crippen molar-refractivity contribution >= 4 is 0 Å². The van der Waals surface area contributed by atoms with Gasteiger partial charge in [-0.05, 0) is 27.7 Å². The predicted molar refractivity (Wildman–Crippen MR) is 68.7 cm³/mol. The van der Waals surface area contributed by atoms with Crippen molar-refractivity contribution in [2.24, 2.45) is 0 Å². The average molecular weight is 286 g/mol. The van der Waals surface area contributed by atoms with E-state index in [4.69, 9.17) is 23.7 Å². The van der Waals surface area contributed by atoms with Gasteiger partial charge in [-0.1, -0.05) is 6.58 Å². The van der Waals surface area contributed by atoms with E-state index in [0.29, 0.717) is 6.61 Å². The summed E-state index contributed by atoms with van der Waals surface area (Å²) in [6, 6.07) is 0. The van der Waals surface area contributed by atoms with Crippen LogP contribution in [0.1, 0.15) is 27.7 Å². The van der Waals surface area contributed by atoms with Crippen molar-refractivity contribution in [1.82, 2.24) is 0 Å². The van der Waals surface area contributed by atoms with E-state index in [1.807, 2.05) is 27.7 Å². The molecule has 3 heterocycles. The van der Waals surface area contributed by atoms with Gasteiger partial charge in [0, 0.05) is 0 Å². The van der Waals surface area contributed by atoms with Crippen LogP contribution in [0.4, 0.5) is 0 Å². The highest BCUT2D eigenvalue weighted by Crippen LogP contribution is 2.41. The number of aliphatic hydroxyl groups is 1. The summed E-state index contributed by atoms with van der Waals surface area (Å²) in [5, 5.41) is 10.1. The Hall–Kier alpha value is -0.660. The summed E-state index contributed by atoms with van der Waals surface area (Å²) < 4.78 is 28.8. The third-order valence-electron chi connectivity index (χ3n) is 3.81. The molecule has 0 spiro atoms. The molecule has 3 fully saturated rings. The second kappa shape index (κ2) is 4.42. The second-order valence-corrected chi connectivity index (χ2v) is 6.43. The summed E-state index contributed by atoms with van der Waals surface area (Å²) in [4.78, 5) is 0. The first-order valence-electron chi connectivity index (χ1n) is 6.89. The monoisotopic (exact) mass is 286 g/mol. The summed E-state index contributed by atoms with van der Waals surface area (Å²) >= 11 is 0. The molecule has 0 amide bonds. The molecule has 0 unspecified atom stereocenters. The Morgan fingerprint density at radius 2 is 1.65 bits per heavy atom. The molecule has 3 aliphatic rings. The van der Waals surface area contributed by atoms with Gasteiger partial charge < -0.3 is 28.8 Å². The Balaban J connectivity index is 1.82. The molecule has 0 saturated carbocycles. The van der Waals surface area contributed by atoms with Crippen molar-refractivity contribution in [2.75, 3.05) is 6.61 Å². The molecule has 0 aromatic carbocycles. The number of ether oxygens (including phenoxy) is 5. The van der Waals surface area contributed by atoms with Gasteiger partial charge in [0.1, 0.15) is 30.2 Å². The van der Waals surface area contributed by atoms with E-state index in [1.54, 1.807) is 0 Å². The normalized spacial score (nSPS) is 46.0. The number of fused-ring (bicyclic) bond motifs is 1. The molecule has 0 aromatic heterocycles. The van der Waals surface area contributed by atoms with E-state index in [2.05, 4.69) is 6.58 Å². The van der Waals surface area contributed by atoms with Crippen molar-refractivity contribution in [3.8, 4) is 0 Å². The lowest BCUT2D eigenvalue weighted by atomic mass is 9.95. The van der Waals surface area contributed by atoms with Crippen LogP contribution in [-0.4, -0.2) is 53.8 Å². The molecule has 6 nitrogen and oxygen atoms in total. The zero-order chi connectivity index (χ0) is 14.7. The van der Waals surface area contributed by atoms with Crippen LogP contribution < -0.4 is 0 Å². The summed E-state index contributed by atoms with van der Waals surface area (Å²) in [5.74, 6) is -1.13. The smallest absolute Gasteiger partial charge is 0.164 e. The van der Waals surface area contributed by atoms with Crippen molar-refractivity contribution < 1.29 is 28.8 Å². The molecule has 0 aliphatic carbocycles. The lowest BCUT2D eigenvalue weighted by Gasteiger charge is -2.38. The standard InChI is InChI=1S/C14H22O6/c1-7-9(15)11-12(20-14(4,5)19-11)10(17-7)8-6-16-13(2,3)18-8/h8-12,15H,1,6H2,2-5H3/t8-,9+,10+,11+,12-/m0/s1. The van der Waals surface area contributed by atoms with Gasteiger partial charge >= 0.3 is 0 Å². The quantitative estimate of drug-likeness (QED) is 0.773. The molecule has 3 saturated heterocycles. The zero-order valence-electron chi connectivity index (χ0n) is 12.3. The summed E-state index contributed by atoms with van der Waals surface area (Å²) in [6.07, 6.45) is -2.48. The van der Waals surface area contributed by atoms with Gasteiger partial charge in [0.25, 0.3) is 0 Å². The third kappa shape index (κ3) is 2.35. The first-order valence-corrected chi connectivity index (χ1v) is 6.89. The first kappa shape index (κ1) is 14.3. The second-order valence-electron chi connectivity index (χ2n) is 6.43. The Morgan fingerprint density at radius 1 is 1.00 bits per heavy atom. The predicted octanol–water partition coefficient (Wildman–Crippen LogP) is 0.931. The van der Waals surface area contributed by atoms with Crippen molar-refractivity contribution in [2.45, 2.75) is 69.8 Å². The van der Waals surface area contributed by atoms with Crippen molar-refractivity contribution in [3.05, 3.63) is 12.3 Å². The highest BCUT2D eigenvalue weighted by Gasteiger charge is 2.57. The fraction of sp³-hybridized carbons (Fsp3) is 0.857. The maximum Gasteiger partial charge on any atom is 0.164 e. The minimum Gasteiger partial charge on any atom is -0.487 e. The highest BCUT2D eigenvalue weighted by atomic mass is 16.8. The van der Waals surface area contributed by atoms with Gasteiger partial charge in [-0.25, -0.2) is 0 Å². The zero-order valence-corrected chi connectivity index (χ0v) is 12.3. The van der Waals surface area contributed by atoms with Crippen molar-refractivity contribution in [3.63, 3.8) is 0 Å². The molecule has 0 aromatic rings. The Morgan fingerprint density at radius 3 is 2.25 bits per heavy atom. The van der Waals surface area contributed by atoms with Gasteiger partial charge in [-0.15, -0.1) is 0 Å². The average Bonchev–Trinajstić information content (AvgIpc) is 2.83. The van der Waals surface area contributed by atoms with Gasteiger partial charge in [-0.2, -0.15) is 0 Å². The van der Waals surface area contributed by atoms with Gasteiger partial charge in [-0.3, -0.25) is 0 Å². The van der Waals surface area contributed by atoms with Crippen LogP contribution in [0, 0.1) is 0 Å². The number of hydrogen-bond donors (Lipinski definition) is 1. The molecule has 0 bridgehead atoms. The fourth-order valence-electron chi connectivity index (χ4n) is 2.98. The van der Waals surface area contributed by atoms with Crippen LogP contribution in [0.15, 0.2) is 12.3 Å². The molecule has 3 rings (SSSR count). The number of rotatable bonds is 1. The van der Waals surface area contributed by atoms with Crippen molar-refractivity contribution in [1.29, 1.82) is 0 Å². The van der Waals surface area contributed by atoms with Crippen LogP contribution in [0.5, 0.6) is 0 Å². The minimum atomic E-state index is -0.895. The topological polar surface area (TPSA) is 66.4 Å². The highest BCUT2D eigenvalue weighted by molar-refractivity contribution is 5.10. The van der Waals surface area contributed by atoms with Crippen LogP contribution in [0.25, 0.3) is 0 Å². The first-order chi connectivity index (χ1) is 9.19. The van der Waals surface area contributed by atoms with Crippen LogP contribution in [-0.2, 0) is 23.7 Å². The largest absolute Gasteiger partial charge is 0.487 e. The van der Waals surface area contributed by atoms with Gasteiger partial charge in [0.15, 0.2) is 17.7 Å². The lowest BCUT2D eigenvalue weighted by Crippen LogP contribution is -2.55. The number of hydrogen-bond acceptors (Lipinski definition) is 6. The Bertz CT molecular complexity index is 418. The van der Waals surface area contributed by atoms with E-state index in [-0.39, 0.29) is 11.9 Å². The summed E-state index contributed by atoms with van der Waals surface area (Å²) in [5.41, 5.74) is 0. The lowest BCUT2D eigenvalue weighted by molar-refractivity contribution is -0.186. The third-order valence-corrected chi connectivity index (χ3v) is 3.81. The maximum atomic E-state index is 10.1.